The van der Waals surface area contributed by atoms with E-state index in [1.165, 1.54) is 0 Å². The van der Waals surface area contributed by atoms with Crippen LogP contribution in [-0.4, -0.2) is 46.9 Å². The van der Waals surface area contributed by atoms with Gasteiger partial charge in [-0.15, -0.1) is 0 Å². The van der Waals surface area contributed by atoms with Gasteiger partial charge in [-0.2, -0.15) is 0 Å². The summed E-state index contributed by atoms with van der Waals surface area (Å²) < 4.78 is 10.1. The molecule has 0 radical (unpaired) electrons. The number of carboxylic acids is 1. The minimum absolute atomic E-state index is 0.228. The van der Waals surface area contributed by atoms with Gasteiger partial charge in [0, 0.05) is 19.2 Å². The van der Waals surface area contributed by atoms with E-state index < -0.39 is 12.0 Å². The zero-order valence-corrected chi connectivity index (χ0v) is 9.05. The molecule has 0 bridgehead atoms. The highest BCUT2D eigenvalue weighted by Gasteiger charge is 2.29. The standard InChI is InChI=1S/C10H14N2O4/c1-7-4-8(11-16-7)5-12-2-3-15-6-9(12)10(13)14/h4,9H,2-3,5-6H2,1H3,(H,13,14). The zero-order valence-electron chi connectivity index (χ0n) is 9.05. The Kier molecular flexibility index (Phi) is 3.21. The van der Waals surface area contributed by atoms with E-state index in [4.69, 9.17) is 14.4 Å². The van der Waals surface area contributed by atoms with Crippen LogP contribution >= 0.6 is 0 Å². The van der Waals surface area contributed by atoms with E-state index in [9.17, 15) is 4.79 Å². The Morgan fingerprint density at radius 1 is 1.75 bits per heavy atom. The molecule has 0 saturated carbocycles. The van der Waals surface area contributed by atoms with Crippen LogP contribution in [0.4, 0.5) is 0 Å². The number of aryl methyl sites for hydroxylation is 1. The van der Waals surface area contributed by atoms with Gasteiger partial charge in [0.1, 0.15) is 11.8 Å². The van der Waals surface area contributed by atoms with E-state index in [0.29, 0.717) is 19.7 Å². The summed E-state index contributed by atoms with van der Waals surface area (Å²) in [6.07, 6.45) is 0. The van der Waals surface area contributed by atoms with Crippen LogP contribution in [0.3, 0.4) is 0 Å². The Labute approximate surface area is 92.8 Å². The van der Waals surface area contributed by atoms with Gasteiger partial charge in [-0.1, -0.05) is 5.16 Å². The second-order valence-corrected chi connectivity index (χ2v) is 3.83. The highest BCUT2D eigenvalue weighted by atomic mass is 16.5. The first-order valence-electron chi connectivity index (χ1n) is 5.13. The Balaban J connectivity index is 2.03. The molecule has 1 unspecified atom stereocenters. The van der Waals surface area contributed by atoms with Crippen molar-refractivity contribution in [2.24, 2.45) is 0 Å². The first kappa shape index (κ1) is 11.1. The lowest BCUT2D eigenvalue weighted by atomic mass is 10.2. The van der Waals surface area contributed by atoms with Gasteiger partial charge in [0.05, 0.1) is 18.9 Å². The molecule has 1 atom stereocenters. The van der Waals surface area contributed by atoms with E-state index >= 15 is 0 Å². The van der Waals surface area contributed by atoms with Crippen molar-refractivity contribution >= 4 is 5.97 Å². The summed E-state index contributed by atoms with van der Waals surface area (Å²) in [5.41, 5.74) is 0.755. The van der Waals surface area contributed by atoms with Crippen LogP contribution in [0.5, 0.6) is 0 Å². The Morgan fingerprint density at radius 3 is 3.19 bits per heavy atom. The lowest BCUT2D eigenvalue weighted by Crippen LogP contribution is -2.49. The van der Waals surface area contributed by atoms with Gasteiger partial charge in [-0.25, -0.2) is 0 Å². The highest BCUT2D eigenvalue weighted by Crippen LogP contribution is 2.12. The lowest BCUT2D eigenvalue weighted by Gasteiger charge is -2.31. The maximum Gasteiger partial charge on any atom is 0.323 e. The van der Waals surface area contributed by atoms with Gasteiger partial charge in [0.2, 0.25) is 0 Å². The smallest absolute Gasteiger partial charge is 0.323 e. The van der Waals surface area contributed by atoms with Crippen LogP contribution in [-0.2, 0) is 16.1 Å². The SMILES string of the molecule is Cc1cc(CN2CCOCC2C(=O)O)no1. The molecule has 1 aliphatic rings. The molecule has 2 heterocycles. The molecule has 1 N–H and O–H groups in total. The summed E-state index contributed by atoms with van der Waals surface area (Å²) in [6, 6.07) is 1.22. The molecule has 0 aromatic carbocycles. The van der Waals surface area contributed by atoms with E-state index in [0.717, 1.165) is 11.5 Å². The molecule has 0 aliphatic carbocycles. The topological polar surface area (TPSA) is 75.8 Å². The van der Waals surface area contributed by atoms with Crippen LogP contribution in [0, 0.1) is 6.92 Å². The minimum Gasteiger partial charge on any atom is -0.480 e. The normalized spacial score (nSPS) is 22.2. The molecule has 16 heavy (non-hydrogen) atoms. The average Bonchev–Trinajstić information content (AvgIpc) is 2.64. The van der Waals surface area contributed by atoms with Crippen molar-refractivity contribution in [1.29, 1.82) is 0 Å². The maximum absolute atomic E-state index is 11.0. The van der Waals surface area contributed by atoms with Crippen molar-refractivity contribution in [2.45, 2.75) is 19.5 Å². The molecule has 6 nitrogen and oxygen atoms in total. The highest BCUT2D eigenvalue weighted by molar-refractivity contribution is 5.73. The summed E-state index contributed by atoms with van der Waals surface area (Å²) in [5, 5.41) is 12.9. The molecule has 1 aromatic heterocycles. The predicted octanol–water partition coefficient (Wildman–Crippen LogP) is 0.268. The molecule has 1 aliphatic heterocycles. The number of ether oxygens (including phenoxy) is 1. The molecule has 6 heteroatoms. The van der Waals surface area contributed by atoms with Gasteiger partial charge in [0.15, 0.2) is 0 Å². The number of nitrogens with zero attached hydrogens (tertiary/aromatic N) is 2. The average molecular weight is 226 g/mol. The van der Waals surface area contributed by atoms with Crippen molar-refractivity contribution in [3.05, 3.63) is 17.5 Å². The number of aliphatic carboxylic acids is 1. The molecule has 1 aromatic rings. The molecule has 1 fully saturated rings. The fraction of sp³-hybridized carbons (Fsp3) is 0.600. The summed E-state index contributed by atoms with van der Waals surface area (Å²) >= 11 is 0. The second-order valence-electron chi connectivity index (χ2n) is 3.83. The molecular weight excluding hydrogens is 212 g/mol. The monoisotopic (exact) mass is 226 g/mol. The molecular formula is C10H14N2O4. The quantitative estimate of drug-likeness (QED) is 0.797. The summed E-state index contributed by atoms with van der Waals surface area (Å²) in [5.74, 6) is -0.130. The Hall–Kier alpha value is -1.40. The van der Waals surface area contributed by atoms with Crippen LogP contribution in [0.25, 0.3) is 0 Å². The van der Waals surface area contributed by atoms with Gasteiger partial charge >= 0.3 is 5.97 Å². The van der Waals surface area contributed by atoms with E-state index in [-0.39, 0.29) is 6.61 Å². The molecule has 2 rings (SSSR count). The molecule has 0 amide bonds. The Bertz CT molecular complexity index is 377. The van der Waals surface area contributed by atoms with E-state index in [1.54, 1.807) is 0 Å². The van der Waals surface area contributed by atoms with Crippen LogP contribution in [0.15, 0.2) is 10.6 Å². The molecule has 0 spiro atoms. The number of rotatable bonds is 3. The van der Waals surface area contributed by atoms with E-state index in [2.05, 4.69) is 5.16 Å². The number of carboxylic acid groups (broad SMARTS) is 1. The number of morpholine rings is 1. The minimum atomic E-state index is -0.861. The second kappa shape index (κ2) is 4.63. The van der Waals surface area contributed by atoms with Crippen LogP contribution < -0.4 is 0 Å². The summed E-state index contributed by atoms with van der Waals surface area (Å²) in [4.78, 5) is 12.8. The fourth-order valence-corrected chi connectivity index (χ4v) is 1.76. The molecule has 1 saturated heterocycles. The van der Waals surface area contributed by atoms with Crippen molar-refractivity contribution < 1.29 is 19.2 Å². The molecule has 88 valence electrons. The van der Waals surface area contributed by atoms with Crippen molar-refractivity contribution in [1.82, 2.24) is 10.1 Å². The number of carbonyl (C=O) groups is 1. The third-order valence-electron chi connectivity index (χ3n) is 2.57. The lowest BCUT2D eigenvalue weighted by molar-refractivity contribution is -0.150. The number of hydrogen-bond donors (Lipinski definition) is 1. The van der Waals surface area contributed by atoms with Crippen molar-refractivity contribution in [2.75, 3.05) is 19.8 Å². The van der Waals surface area contributed by atoms with Crippen molar-refractivity contribution in [3.63, 3.8) is 0 Å². The Morgan fingerprint density at radius 2 is 2.56 bits per heavy atom. The van der Waals surface area contributed by atoms with Gasteiger partial charge < -0.3 is 14.4 Å². The largest absolute Gasteiger partial charge is 0.480 e. The number of aromatic nitrogens is 1. The van der Waals surface area contributed by atoms with Gasteiger partial charge in [-0.3, -0.25) is 9.69 Å². The number of hydrogen-bond acceptors (Lipinski definition) is 5. The zero-order chi connectivity index (χ0) is 11.5. The maximum atomic E-state index is 11.0. The first-order chi connectivity index (χ1) is 7.66. The summed E-state index contributed by atoms with van der Waals surface area (Å²) in [7, 11) is 0. The van der Waals surface area contributed by atoms with E-state index in [1.807, 2.05) is 17.9 Å². The third kappa shape index (κ3) is 2.40. The van der Waals surface area contributed by atoms with Crippen molar-refractivity contribution in [3.8, 4) is 0 Å². The van der Waals surface area contributed by atoms with Gasteiger partial charge in [-0.05, 0) is 6.92 Å². The van der Waals surface area contributed by atoms with Crippen LogP contribution in [0.1, 0.15) is 11.5 Å². The first-order valence-corrected chi connectivity index (χ1v) is 5.13. The summed E-state index contributed by atoms with van der Waals surface area (Å²) in [6.45, 7) is 3.68. The van der Waals surface area contributed by atoms with Gasteiger partial charge in [0.25, 0.3) is 0 Å². The third-order valence-corrected chi connectivity index (χ3v) is 2.57. The predicted molar refractivity (Wildman–Crippen MR) is 53.9 cm³/mol. The van der Waals surface area contributed by atoms with Crippen LogP contribution in [0.2, 0.25) is 0 Å². The fourth-order valence-electron chi connectivity index (χ4n) is 1.76.